The van der Waals surface area contributed by atoms with Crippen LogP contribution in [0.5, 0.6) is 0 Å². The molecule has 0 unspecified atom stereocenters. The van der Waals surface area contributed by atoms with Gasteiger partial charge in [0.1, 0.15) is 12.4 Å². The number of amides is 2. The van der Waals surface area contributed by atoms with Crippen molar-refractivity contribution in [3.8, 4) is 11.3 Å². The highest BCUT2D eigenvalue weighted by atomic mass is 16.6. The Morgan fingerprint density at radius 3 is 2.62 bits per heavy atom. The van der Waals surface area contributed by atoms with E-state index in [1.165, 1.54) is 13.4 Å². The number of H-pyrrole nitrogens is 1. The maximum Gasteiger partial charge on any atom is 0.407 e. The molecule has 0 spiro atoms. The Bertz CT molecular complexity index is 1290. The molecule has 34 heavy (non-hydrogen) atoms. The van der Waals surface area contributed by atoms with Crippen LogP contribution >= 0.6 is 0 Å². The molecule has 12 heteroatoms. The van der Waals surface area contributed by atoms with E-state index in [4.69, 9.17) is 4.74 Å². The van der Waals surface area contributed by atoms with Crippen LogP contribution in [0.1, 0.15) is 23.2 Å². The Balaban J connectivity index is 1.25. The van der Waals surface area contributed by atoms with Gasteiger partial charge in [-0.25, -0.2) is 19.3 Å². The molecule has 1 aliphatic heterocycles. The van der Waals surface area contributed by atoms with Crippen LogP contribution in [-0.2, 0) is 4.74 Å². The number of hydrogen-bond acceptors (Lipinski definition) is 8. The molecule has 0 bridgehead atoms. The van der Waals surface area contributed by atoms with Gasteiger partial charge in [-0.15, -0.1) is 0 Å². The lowest BCUT2D eigenvalue weighted by molar-refractivity contribution is 0.0431. The summed E-state index contributed by atoms with van der Waals surface area (Å²) in [5.74, 6) is 0.495. The molecular weight excluding hydrogens is 438 g/mol. The van der Waals surface area contributed by atoms with Crippen LogP contribution in [0.15, 0.2) is 49.2 Å². The number of hydrogen-bond donors (Lipinski definition) is 3. The van der Waals surface area contributed by atoms with Gasteiger partial charge in [-0.05, 0) is 24.3 Å². The van der Waals surface area contributed by atoms with Crippen molar-refractivity contribution in [1.82, 2.24) is 40.0 Å². The van der Waals surface area contributed by atoms with Crippen molar-refractivity contribution < 1.29 is 14.3 Å². The van der Waals surface area contributed by atoms with Gasteiger partial charge in [0.05, 0.1) is 18.1 Å². The van der Waals surface area contributed by atoms with Gasteiger partial charge in [0.15, 0.2) is 11.5 Å². The molecule has 0 atom stereocenters. The predicted molar refractivity (Wildman–Crippen MR) is 123 cm³/mol. The average molecular weight is 461 g/mol. The molecule has 174 valence electrons. The maximum absolute atomic E-state index is 12.9. The Labute approximate surface area is 194 Å². The van der Waals surface area contributed by atoms with Crippen LogP contribution in [0.25, 0.3) is 16.9 Å². The number of rotatable bonds is 5. The largest absolute Gasteiger partial charge is 0.446 e. The molecule has 3 aromatic heterocycles. The lowest BCUT2D eigenvalue weighted by Crippen LogP contribution is -2.42. The Morgan fingerprint density at radius 2 is 1.91 bits per heavy atom. The number of alkyl carbamates (subject to hydrolysis) is 1. The highest BCUT2D eigenvalue weighted by Crippen LogP contribution is 2.24. The van der Waals surface area contributed by atoms with Crippen molar-refractivity contribution in [3.05, 3.63) is 54.7 Å². The normalized spacial score (nSPS) is 14.2. The second kappa shape index (κ2) is 9.17. The molecule has 1 fully saturated rings. The number of aromatic amines is 1. The second-order valence-electron chi connectivity index (χ2n) is 7.82. The topological polar surface area (TPSA) is 142 Å². The summed E-state index contributed by atoms with van der Waals surface area (Å²) < 4.78 is 6.97. The van der Waals surface area contributed by atoms with Crippen molar-refractivity contribution in [2.24, 2.45) is 0 Å². The van der Waals surface area contributed by atoms with Crippen LogP contribution < -0.4 is 10.6 Å². The zero-order valence-electron chi connectivity index (χ0n) is 18.4. The van der Waals surface area contributed by atoms with Crippen LogP contribution in [-0.4, -0.2) is 72.9 Å². The van der Waals surface area contributed by atoms with Gasteiger partial charge in [-0.1, -0.05) is 0 Å². The standard InChI is InChI=1S/C22H23N9O3/c1-23-22(33)34-17-6-8-30(9-7-17)21(32)14-2-4-16(5-3-14)29-19-20-25-13-28-31(20)18(12-24-19)15-10-26-27-11-15/h2-5,10-13,17H,6-9H2,1H3,(H,23,33)(H,24,29)(H,26,27). The molecular formula is C22H23N9O3. The van der Waals surface area contributed by atoms with Gasteiger partial charge in [-0.3, -0.25) is 9.89 Å². The van der Waals surface area contributed by atoms with Gasteiger partial charge in [0, 0.05) is 56.0 Å². The third kappa shape index (κ3) is 4.25. The molecule has 4 heterocycles. The number of carbonyl (C=O) groups is 2. The van der Waals surface area contributed by atoms with Gasteiger partial charge in [0.2, 0.25) is 0 Å². The molecule has 0 radical (unpaired) electrons. The van der Waals surface area contributed by atoms with Gasteiger partial charge in [0.25, 0.3) is 5.91 Å². The van der Waals surface area contributed by atoms with E-state index in [0.29, 0.717) is 43.0 Å². The van der Waals surface area contributed by atoms with Crippen molar-refractivity contribution in [1.29, 1.82) is 0 Å². The molecule has 4 aromatic rings. The Kier molecular flexibility index (Phi) is 5.77. The van der Waals surface area contributed by atoms with E-state index < -0.39 is 6.09 Å². The fourth-order valence-electron chi connectivity index (χ4n) is 3.90. The minimum absolute atomic E-state index is 0.0487. The number of carbonyl (C=O) groups excluding carboxylic acids is 2. The zero-order chi connectivity index (χ0) is 23.5. The summed E-state index contributed by atoms with van der Waals surface area (Å²) >= 11 is 0. The van der Waals surface area contributed by atoms with Gasteiger partial charge >= 0.3 is 6.09 Å². The molecule has 2 amide bonds. The monoisotopic (exact) mass is 461 g/mol. The molecule has 0 aliphatic carbocycles. The van der Waals surface area contributed by atoms with Crippen molar-refractivity contribution in [3.63, 3.8) is 0 Å². The quantitative estimate of drug-likeness (QED) is 0.411. The lowest BCUT2D eigenvalue weighted by atomic mass is 10.1. The number of fused-ring (bicyclic) bond motifs is 1. The number of piperidine rings is 1. The van der Waals surface area contributed by atoms with Gasteiger partial charge in [-0.2, -0.15) is 10.2 Å². The number of anilines is 2. The van der Waals surface area contributed by atoms with E-state index in [1.807, 2.05) is 12.1 Å². The smallest absolute Gasteiger partial charge is 0.407 e. The second-order valence-corrected chi connectivity index (χ2v) is 7.82. The SMILES string of the molecule is CNC(=O)OC1CCN(C(=O)c2ccc(Nc3ncc(-c4cn[nH]c4)n4ncnc34)cc2)CC1. The van der Waals surface area contributed by atoms with Crippen LogP contribution in [0.4, 0.5) is 16.3 Å². The van der Waals surface area contributed by atoms with E-state index in [1.54, 1.807) is 40.1 Å². The number of nitrogens with zero attached hydrogens (tertiary/aromatic N) is 6. The third-order valence-electron chi connectivity index (χ3n) is 5.70. The zero-order valence-corrected chi connectivity index (χ0v) is 18.4. The number of ether oxygens (including phenoxy) is 1. The first kappa shape index (κ1) is 21.4. The first-order chi connectivity index (χ1) is 16.6. The maximum atomic E-state index is 12.9. The summed E-state index contributed by atoms with van der Waals surface area (Å²) in [7, 11) is 1.53. The van der Waals surface area contributed by atoms with E-state index in [-0.39, 0.29) is 12.0 Å². The number of aromatic nitrogens is 6. The number of nitrogens with one attached hydrogen (secondary N) is 3. The molecule has 0 saturated carbocycles. The molecule has 1 aromatic carbocycles. The average Bonchev–Trinajstić information content (AvgIpc) is 3.58. The highest BCUT2D eigenvalue weighted by molar-refractivity contribution is 5.94. The third-order valence-corrected chi connectivity index (χ3v) is 5.70. The first-order valence-corrected chi connectivity index (χ1v) is 10.8. The molecule has 1 aliphatic rings. The fraction of sp³-hybridized carbons (Fsp3) is 0.273. The van der Waals surface area contributed by atoms with E-state index in [9.17, 15) is 9.59 Å². The van der Waals surface area contributed by atoms with Gasteiger partial charge < -0.3 is 20.3 Å². The summed E-state index contributed by atoms with van der Waals surface area (Å²) in [6, 6.07) is 7.21. The minimum Gasteiger partial charge on any atom is -0.446 e. The summed E-state index contributed by atoms with van der Waals surface area (Å²) in [4.78, 5) is 34.9. The summed E-state index contributed by atoms with van der Waals surface area (Å²) in [5, 5.41) is 16.7. The van der Waals surface area contributed by atoms with Crippen molar-refractivity contribution in [2.45, 2.75) is 18.9 Å². The van der Waals surface area contributed by atoms with E-state index in [2.05, 4.69) is 35.9 Å². The first-order valence-electron chi connectivity index (χ1n) is 10.8. The van der Waals surface area contributed by atoms with Crippen molar-refractivity contribution >= 4 is 29.2 Å². The Hall–Kier alpha value is -4.48. The molecule has 1 saturated heterocycles. The minimum atomic E-state index is -0.443. The van der Waals surface area contributed by atoms with Crippen molar-refractivity contribution in [2.75, 3.05) is 25.5 Å². The lowest BCUT2D eigenvalue weighted by Gasteiger charge is -2.31. The van der Waals surface area contributed by atoms with E-state index in [0.717, 1.165) is 16.9 Å². The summed E-state index contributed by atoms with van der Waals surface area (Å²) in [6.07, 6.45) is 7.25. The predicted octanol–water partition coefficient (Wildman–Crippen LogP) is 2.22. The summed E-state index contributed by atoms with van der Waals surface area (Å²) in [6.45, 7) is 1.08. The Morgan fingerprint density at radius 1 is 1.12 bits per heavy atom. The number of likely N-dealkylation sites (tertiary alicyclic amines) is 1. The highest BCUT2D eigenvalue weighted by Gasteiger charge is 2.25. The number of benzene rings is 1. The van der Waals surface area contributed by atoms with E-state index >= 15 is 0 Å². The molecule has 3 N–H and O–H groups in total. The summed E-state index contributed by atoms with van der Waals surface area (Å²) in [5.41, 5.74) is 3.54. The fourth-order valence-corrected chi connectivity index (χ4v) is 3.90. The van der Waals surface area contributed by atoms with Crippen LogP contribution in [0.3, 0.4) is 0 Å². The van der Waals surface area contributed by atoms with Crippen LogP contribution in [0.2, 0.25) is 0 Å². The molecule has 5 rings (SSSR count). The molecule has 12 nitrogen and oxygen atoms in total. The van der Waals surface area contributed by atoms with Crippen LogP contribution in [0, 0.1) is 0 Å².